The van der Waals surface area contributed by atoms with E-state index in [-0.39, 0.29) is 11.7 Å². The fourth-order valence-corrected chi connectivity index (χ4v) is 6.10. The number of rotatable bonds is 9. The average molecular weight is 638 g/mol. The molecule has 0 amide bonds. The lowest BCUT2D eigenvalue weighted by molar-refractivity contribution is -0.143. The summed E-state index contributed by atoms with van der Waals surface area (Å²) in [7, 11) is 0. The van der Waals surface area contributed by atoms with Crippen molar-refractivity contribution in [3.8, 4) is 11.5 Å². The molecule has 1 aromatic heterocycles. The first-order chi connectivity index (χ1) is 20.6. The van der Waals surface area contributed by atoms with Gasteiger partial charge in [-0.05, 0) is 86.9 Å². The van der Waals surface area contributed by atoms with Crippen LogP contribution in [0, 0.1) is 0 Å². The maximum Gasteiger partial charge on any atom is 0.338 e. The quantitative estimate of drug-likeness (QED) is 0.197. The first-order valence-corrected chi connectivity index (χ1v) is 15.3. The Morgan fingerprint density at radius 1 is 1.02 bits per heavy atom. The normalized spacial score (nSPS) is 14.9. The molecule has 0 radical (unpaired) electrons. The Morgan fingerprint density at radius 3 is 2.49 bits per heavy atom. The van der Waals surface area contributed by atoms with Gasteiger partial charge in [0.25, 0.3) is 5.56 Å². The summed E-state index contributed by atoms with van der Waals surface area (Å²) in [5.74, 6) is 0.831. The first kappa shape index (κ1) is 30.6. The minimum absolute atomic E-state index is 0.257. The fraction of sp³-hybridized carbons (Fsp3) is 0.242. The molecule has 1 aliphatic heterocycles. The van der Waals surface area contributed by atoms with Gasteiger partial charge >= 0.3 is 5.97 Å². The highest BCUT2D eigenvalue weighted by Gasteiger charge is 2.33. The van der Waals surface area contributed by atoms with Crippen molar-refractivity contribution in [2.45, 2.75) is 46.4 Å². The molecule has 3 aromatic carbocycles. The molecule has 0 saturated carbocycles. The van der Waals surface area contributed by atoms with E-state index in [0.717, 1.165) is 16.7 Å². The van der Waals surface area contributed by atoms with E-state index < -0.39 is 12.0 Å². The van der Waals surface area contributed by atoms with Gasteiger partial charge in [0.05, 0.1) is 44.6 Å². The van der Waals surface area contributed by atoms with Crippen LogP contribution in [0.2, 0.25) is 10.0 Å². The van der Waals surface area contributed by atoms with Gasteiger partial charge in [0.2, 0.25) is 0 Å². The molecule has 10 heteroatoms. The molecule has 0 spiro atoms. The van der Waals surface area contributed by atoms with Crippen molar-refractivity contribution >= 4 is 46.6 Å². The predicted molar refractivity (Wildman–Crippen MR) is 170 cm³/mol. The minimum atomic E-state index is -0.707. The molecule has 1 atom stereocenters. The van der Waals surface area contributed by atoms with Gasteiger partial charge in [0.1, 0.15) is 18.1 Å². The minimum Gasteiger partial charge on any atom is -0.494 e. The summed E-state index contributed by atoms with van der Waals surface area (Å²) >= 11 is 13.4. The van der Waals surface area contributed by atoms with Crippen LogP contribution in [0.3, 0.4) is 0 Å². The van der Waals surface area contributed by atoms with Crippen molar-refractivity contribution in [1.82, 2.24) is 4.57 Å². The molecule has 4 aromatic rings. The van der Waals surface area contributed by atoms with Gasteiger partial charge in [0.15, 0.2) is 4.80 Å². The van der Waals surface area contributed by atoms with E-state index in [1.54, 1.807) is 43.5 Å². The average Bonchev–Trinajstić information content (AvgIpc) is 3.27. The van der Waals surface area contributed by atoms with E-state index in [4.69, 9.17) is 37.4 Å². The molecule has 2 heterocycles. The summed E-state index contributed by atoms with van der Waals surface area (Å²) in [6, 6.07) is 19.5. The van der Waals surface area contributed by atoms with Crippen molar-refractivity contribution in [2.24, 2.45) is 4.99 Å². The molecule has 0 N–H and O–H groups in total. The van der Waals surface area contributed by atoms with Gasteiger partial charge < -0.3 is 14.2 Å². The van der Waals surface area contributed by atoms with Crippen LogP contribution in [0.15, 0.2) is 87.8 Å². The van der Waals surface area contributed by atoms with Gasteiger partial charge in [-0.2, -0.15) is 0 Å². The topological polar surface area (TPSA) is 79.1 Å². The lowest BCUT2D eigenvalue weighted by Gasteiger charge is -2.25. The number of carbonyl (C=O) groups excluding carboxylic acids is 1. The first-order valence-electron chi connectivity index (χ1n) is 13.8. The van der Waals surface area contributed by atoms with Crippen LogP contribution < -0.4 is 24.4 Å². The maximum atomic E-state index is 14.0. The Labute approximate surface area is 263 Å². The Hall–Kier alpha value is -3.85. The fourth-order valence-electron chi connectivity index (χ4n) is 4.73. The van der Waals surface area contributed by atoms with E-state index in [0.29, 0.717) is 55.4 Å². The number of esters is 1. The van der Waals surface area contributed by atoms with Gasteiger partial charge in [-0.25, -0.2) is 9.79 Å². The highest BCUT2D eigenvalue weighted by molar-refractivity contribution is 7.07. The van der Waals surface area contributed by atoms with Gasteiger partial charge in [-0.15, -0.1) is 0 Å². The number of benzene rings is 3. The molecule has 0 bridgehead atoms. The number of aromatic nitrogens is 1. The third-order valence-electron chi connectivity index (χ3n) is 6.64. The van der Waals surface area contributed by atoms with Gasteiger partial charge in [0, 0.05) is 0 Å². The van der Waals surface area contributed by atoms with E-state index >= 15 is 0 Å². The lowest BCUT2D eigenvalue weighted by Crippen LogP contribution is -2.40. The molecule has 0 aliphatic carbocycles. The van der Waals surface area contributed by atoms with Crippen molar-refractivity contribution in [3.63, 3.8) is 0 Å². The monoisotopic (exact) mass is 636 g/mol. The maximum absolute atomic E-state index is 14.0. The molecule has 7 nitrogen and oxygen atoms in total. The smallest absolute Gasteiger partial charge is 0.338 e. The number of allylic oxidation sites excluding steroid dienone is 1. The largest absolute Gasteiger partial charge is 0.494 e. The van der Waals surface area contributed by atoms with Crippen LogP contribution in [-0.4, -0.2) is 23.2 Å². The number of hydrogen-bond donors (Lipinski definition) is 0. The SMILES string of the molecule is CCOc1ccc([C@@H]2C(C(=O)OC(C)C)=C(C)N=c3s/c(=C/c4cccc(OCc5ccc(Cl)c(Cl)c5)c4)c(=O)n32)cc1. The number of hydrogen-bond acceptors (Lipinski definition) is 7. The summed E-state index contributed by atoms with van der Waals surface area (Å²) in [5, 5.41) is 0.948. The van der Waals surface area contributed by atoms with Crippen LogP contribution in [0.1, 0.15) is 50.4 Å². The third kappa shape index (κ3) is 6.88. The zero-order chi connectivity index (χ0) is 30.7. The summed E-state index contributed by atoms with van der Waals surface area (Å²) in [6.07, 6.45) is 1.47. The van der Waals surface area contributed by atoms with Gasteiger partial charge in [-0.1, -0.05) is 64.9 Å². The van der Waals surface area contributed by atoms with Crippen molar-refractivity contribution in [2.75, 3.05) is 6.61 Å². The second-order valence-corrected chi connectivity index (χ2v) is 12.0. The standard InChI is InChI=1S/C33H30Cl2N2O5S/c1-5-40-24-12-10-23(11-13-24)30-29(32(39)42-19(2)3)20(4)36-33-37(30)31(38)28(43-33)17-21-7-6-8-25(15-21)41-18-22-9-14-26(34)27(35)16-22/h6-17,19,30H,5,18H2,1-4H3/b28-17+/t30-/m1/s1. The molecular formula is C33H30Cl2N2O5S. The molecule has 0 fully saturated rings. The van der Waals surface area contributed by atoms with Crippen molar-refractivity contribution in [1.29, 1.82) is 0 Å². The van der Waals surface area contributed by atoms with Gasteiger partial charge in [-0.3, -0.25) is 9.36 Å². The zero-order valence-corrected chi connectivity index (χ0v) is 26.4. The van der Waals surface area contributed by atoms with Crippen LogP contribution in [0.5, 0.6) is 11.5 Å². The third-order valence-corrected chi connectivity index (χ3v) is 8.36. The van der Waals surface area contributed by atoms with Crippen molar-refractivity contribution < 1.29 is 19.0 Å². The second-order valence-electron chi connectivity index (χ2n) is 10.1. The van der Waals surface area contributed by atoms with Crippen LogP contribution in [0.25, 0.3) is 6.08 Å². The Kier molecular flexibility index (Phi) is 9.40. The summed E-state index contributed by atoms with van der Waals surface area (Å²) < 4.78 is 19.2. The number of halogens is 2. The molecule has 0 saturated heterocycles. The number of ether oxygens (including phenoxy) is 3. The summed E-state index contributed by atoms with van der Waals surface area (Å²) in [5.41, 5.74) is 2.99. The molecule has 0 unspecified atom stereocenters. The zero-order valence-electron chi connectivity index (χ0n) is 24.1. The Bertz CT molecular complexity index is 1880. The summed E-state index contributed by atoms with van der Waals surface area (Å²) in [6.45, 7) is 8.09. The Morgan fingerprint density at radius 2 is 1.79 bits per heavy atom. The van der Waals surface area contributed by atoms with E-state index in [2.05, 4.69) is 4.99 Å². The van der Waals surface area contributed by atoms with Crippen molar-refractivity contribution in [3.05, 3.63) is 124 Å². The number of fused-ring (bicyclic) bond motifs is 1. The van der Waals surface area contributed by atoms with E-state index in [1.807, 2.05) is 61.5 Å². The Balaban J connectivity index is 1.52. The second kappa shape index (κ2) is 13.2. The molecule has 1 aliphatic rings. The predicted octanol–water partition coefficient (Wildman–Crippen LogP) is 6.47. The van der Waals surface area contributed by atoms with E-state index in [9.17, 15) is 9.59 Å². The molecule has 222 valence electrons. The van der Waals surface area contributed by atoms with Crippen LogP contribution in [-0.2, 0) is 16.1 Å². The molecule has 5 rings (SSSR count). The number of thiazole rings is 1. The highest BCUT2D eigenvalue weighted by atomic mass is 35.5. The number of carbonyl (C=O) groups is 1. The van der Waals surface area contributed by atoms with E-state index in [1.165, 1.54) is 11.3 Å². The molecule has 43 heavy (non-hydrogen) atoms. The van der Waals surface area contributed by atoms with Crippen LogP contribution in [0.4, 0.5) is 0 Å². The lowest BCUT2D eigenvalue weighted by atomic mass is 9.96. The summed E-state index contributed by atoms with van der Waals surface area (Å²) in [4.78, 5) is 32.4. The highest BCUT2D eigenvalue weighted by Crippen LogP contribution is 2.32. The molecular weight excluding hydrogens is 607 g/mol. The number of nitrogens with zero attached hydrogens (tertiary/aromatic N) is 2. The van der Waals surface area contributed by atoms with Crippen LogP contribution >= 0.6 is 34.5 Å².